The first kappa shape index (κ1) is 13.2. The topological polar surface area (TPSA) is 47.7 Å². The third-order valence-corrected chi connectivity index (χ3v) is 3.63. The Kier molecular flexibility index (Phi) is 4.44. The molecule has 100 valence electrons. The number of rotatable bonds is 4. The maximum absolute atomic E-state index is 5.82. The second-order valence-corrected chi connectivity index (χ2v) is 4.65. The van der Waals surface area contributed by atoms with Gasteiger partial charge < -0.3 is 20.1 Å². The van der Waals surface area contributed by atoms with Crippen molar-refractivity contribution < 1.29 is 9.47 Å². The highest BCUT2D eigenvalue weighted by atomic mass is 16.5. The molecule has 1 aromatic carbocycles. The molecule has 1 saturated heterocycles. The number of nitrogens with zero attached hydrogens (tertiary/aromatic N) is 1. The fraction of sp³-hybridized carbons (Fsp3) is 0.571. The molecule has 2 N–H and O–H groups in total. The lowest BCUT2D eigenvalue weighted by atomic mass is 10.0. The molecule has 1 aromatic rings. The third kappa shape index (κ3) is 2.76. The Morgan fingerprint density at radius 3 is 2.72 bits per heavy atom. The molecule has 4 heteroatoms. The summed E-state index contributed by atoms with van der Waals surface area (Å²) in [5, 5.41) is 0. The molecule has 4 nitrogen and oxygen atoms in total. The van der Waals surface area contributed by atoms with Gasteiger partial charge in [-0.15, -0.1) is 0 Å². The Bertz CT molecular complexity index is 389. The van der Waals surface area contributed by atoms with Gasteiger partial charge in [-0.2, -0.15) is 0 Å². The molecule has 0 bridgehead atoms. The van der Waals surface area contributed by atoms with Crippen LogP contribution in [0.25, 0.3) is 0 Å². The van der Waals surface area contributed by atoms with Gasteiger partial charge in [0, 0.05) is 44.6 Å². The number of hydrogen-bond acceptors (Lipinski definition) is 4. The smallest absolute Gasteiger partial charge is 0.120 e. The summed E-state index contributed by atoms with van der Waals surface area (Å²) in [4.78, 5) is 2.31. The van der Waals surface area contributed by atoms with Crippen molar-refractivity contribution in [3.63, 3.8) is 0 Å². The van der Waals surface area contributed by atoms with Crippen molar-refractivity contribution in [2.45, 2.75) is 25.4 Å². The Balaban J connectivity index is 2.23. The van der Waals surface area contributed by atoms with E-state index < -0.39 is 0 Å². The van der Waals surface area contributed by atoms with Crippen LogP contribution in [0.4, 0.5) is 5.69 Å². The number of methoxy groups -OCH3 is 1. The summed E-state index contributed by atoms with van der Waals surface area (Å²) >= 11 is 0. The van der Waals surface area contributed by atoms with Crippen LogP contribution in [0.2, 0.25) is 0 Å². The molecule has 1 fully saturated rings. The minimum absolute atomic E-state index is 0.524. The van der Waals surface area contributed by atoms with Crippen LogP contribution in [0.1, 0.15) is 18.4 Å². The van der Waals surface area contributed by atoms with Crippen molar-refractivity contribution in [2.75, 3.05) is 32.3 Å². The largest absolute Gasteiger partial charge is 0.497 e. The predicted molar refractivity (Wildman–Crippen MR) is 73.1 cm³/mol. The van der Waals surface area contributed by atoms with Gasteiger partial charge in [0.1, 0.15) is 5.75 Å². The SMILES string of the molecule is COc1ccc(CN)c(N(C)C2CCOCC2)c1. The van der Waals surface area contributed by atoms with Gasteiger partial charge in [-0.25, -0.2) is 0 Å². The van der Waals surface area contributed by atoms with Crippen LogP contribution >= 0.6 is 0 Å². The third-order valence-electron chi connectivity index (χ3n) is 3.63. The maximum Gasteiger partial charge on any atom is 0.120 e. The monoisotopic (exact) mass is 250 g/mol. The highest BCUT2D eigenvalue weighted by Crippen LogP contribution is 2.28. The average molecular weight is 250 g/mol. The standard InChI is InChI=1S/C14H22N2O2/c1-16(12-5-7-18-8-6-12)14-9-13(17-2)4-3-11(14)10-15/h3-4,9,12H,5-8,10,15H2,1-2H3. The quantitative estimate of drug-likeness (QED) is 0.884. The van der Waals surface area contributed by atoms with Gasteiger partial charge >= 0.3 is 0 Å². The average Bonchev–Trinajstić information content (AvgIpc) is 2.46. The fourth-order valence-corrected chi connectivity index (χ4v) is 2.44. The van der Waals surface area contributed by atoms with Crippen molar-refractivity contribution >= 4 is 5.69 Å². The molecule has 0 atom stereocenters. The van der Waals surface area contributed by atoms with Gasteiger partial charge in [-0.3, -0.25) is 0 Å². The molecule has 0 spiro atoms. The Hall–Kier alpha value is -1.26. The molecule has 0 radical (unpaired) electrons. The summed E-state index contributed by atoms with van der Waals surface area (Å²) in [5.41, 5.74) is 8.14. The molecule has 0 aromatic heterocycles. The zero-order valence-corrected chi connectivity index (χ0v) is 11.2. The van der Waals surface area contributed by atoms with E-state index in [1.807, 2.05) is 12.1 Å². The Morgan fingerprint density at radius 1 is 1.39 bits per heavy atom. The molecule has 1 heterocycles. The van der Waals surface area contributed by atoms with E-state index in [-0.39, 0.29) is 0 Å². The van der Waals surface area contributed by atoms with Gasteiger partial charge in [-0.05, 0) is 24.5 Å². The van der Waals surface area contributed by atoms with E-state index in [0.29, 0.717) is 12.6 Å². The molecule has 1 aliphatic heterocycles. The molecular formula is C14H22N2O2. The fourth-order valence-electron chi connectivity index (χ4n) is 2.44. The number of benzene rings is 1. The van der Waals surface area contributed by atoms with E-state index in [1.54, 1.807) is 7.11 Å². The highest BCUT2D eigenvalue weighted by molar-refractivity contribution is 5.57. The van der Waals surface area contributed by atoms with Crippen LogP contribution in [0.15, 0.2) is 18.2 Å². The van der Waals surface area contributed by atoms with E-state index in [0.717, 1.165) is 37.4 Å². The van der Waals surface area contributed by atoms with Crippen LogP contribution in [0.5, 0.6) is 5.75 Å². The lowest BCUT2D eigenvalue weighted by molar-refractivity contribution is 0.0854. The highest BCUT2D eigenvalue weighted by Gasteiger charge is 2.20. The predicted octanol–water partition coefficient (Wildman–Crippen LogP) is 1.77. The van der Waals surface area contributed by atoms with Crippen molar-refractivity contribution in [3.05, 3.63) is 23.8 Å². The summed E-state index contributed by atoms with van der Waals surface area (Å²) in [7, 11) is 3.82. The van der Waals surface area contributed by atoms with Gasteiger partial charge in [0.05, 0.1) is 7.11 Å². The Morgan fingerprint density at radius 2 is 2.11 bits per heavy atom. The number of anilines is 1. The summed E-state index contributed by atoms with van der Waals surface area (Å²) in [5.74, 6) is 0.876. The van der Waals surface area contributed by atoms with Crippen LogP contribution in [-0.4, -0.2) is 33.4 Å². The van der Waals surface area contributed by atoms with Crippen LogP contribution < -0.4 is 15.4 Å². The van der Waals surface area contributed by atoms with E-state index in [4.69, 9.17) is 15.2 Å². The van der Waals surface area contributed by atoms with E-state index in [9.17, 15) is 0 Å². The Labute approximate surface area is 109 Å². The lowest BCUT2D eigenvalue weighted by Gasteiger charge is -2.34. The van der Waals surface area contributed by atoms with Crippen LogP contribution in [0, 0.1) is 0 Å². The lowest BCUT2D eigenvalue weighted by Crippen LogP contribution is -2.37. The number of hydrogen-bond donors (Lipinski definition) is 1. The molecule has 1 aliphatic rings. The first-order valence-electron chi connectivity index (χ1n) is 6.44. The van der Waals surface area contributed by atoms with Crippen molar-refractivity contribution in [2.24, 2.45) is 5.73 Å². The zero-order valence-electron chi connectivity index (χ0n) is 11.2. The van der Waals surface area contributed by atoms with E-state index >= 15 is 0 Å². The summed E-state index contributed by atoms with van der Waals surface area (Å²) in [6.45, 7) is 2.24. The molecule has 2 rings (SSSR count). The van der Waals surface area contributed by atoms with E-state index in [1.165, 1.54) is 5.69 Å². The first-order chi connectivity index (χ1) is 8.76. The number of ether oxygens (including phenoxy) is 2. The maximum atomic E-state index is 5.82. The zero-order chi connectivity index (χ0) is 13.0. The normalized spacial score (nSPS) is 16.6. The molecule has 0 aliphatic carbocycles. The van der Waals surface area contributed by atoms with Crippen LogP contribution in [0.3, 0.4) is 0 Å². The molecule has 0 unspecified atom stereocenters. The van der Waals surface area contributed by atoms with Crippen molar-refractivity contribution in [1.82, 2.24) is 0 Å². The molecule has 0 amide bonds. The molecular weight excluding hydrogens is 228 g/mol. The van der Waals surface area contributed by atoms with Gasteiger partial charge in [-0.1, -0.05) is 6.07 Å². The summed E-state index contributed by atoms with van der Waals surface area (Å²) < 4.78 is 10.7. The van der Waals surface area contributed by atoms with Gasteiger partial charge in [0.2, 0.25) is 0 Å². The van der Waals surface area contributed by atoms with Crippen molar-refractivity contribution in [3.8, 4) is 5.75 Å². The van der Waals surface area contributed by atoms with Gasteiger partial charge in [0.25, 0.3) is 0 Å². The minimum Gasteiger partial charge on any atom is -0.497 e. The van der Waals surface area contributed by atoms with Crippen LogP contribution in [-0.2, 0) is 11.3 Å². The second-order valence-electron chi connectivity index (χ2n) is 4.65. The second kappa shape index (κ2) is 6.07. The first-order valence-corrected chi connectivity index (χ1v) is 6.44. The van der Waals surface area contributed by atoms with Crippen molar-refractivity contribution in [1.29, 1.82) is 0 Å². The summed E-state index contributed by atoms with van der Waals surface area (Å²) in [6, 6.07) is 6.60. The minimum atomic E-state index is 0.524. The molecule has 0 saturated carbocycles. The van der Waals surface area contributed by atoms with Gasteiger partial charge in [0.15, 0.2) is 0 Å². The number of nitrogens with two attached hydrogens (primary N) is 1. The van der Waals surface area contributed by atoms with E-state index in [2.05, 4.69) is 18.0 Å². The summed E-state index contributed by atoms with van der Waals surface area (Å²) in [6.07, 6.45) is 2.13. The molecule has 18 heavy (non-hydrogen) atoms.